The molecule has 46 heavy (non-hydrogen) atoms. The van der Waals surface area contributed by atoms with Gasteiger partial charge in [0.1, 0.15) is 11.2 Å². The standard InChI is InChI=1S/2C17H33N3O3/c2*1-17(2,3)23-16(21)19-9-10-20(15(11-19)12-22-4)14-7-5-13(18)6-8-14/h2*13-15H,5-12,18H2,1-4H3/t2*13?,14?,15-/m10/s1. The van der Waals surface area contributed by atoms with Crippen molar-refractivity contribution >= 4 is 12.2 Å². The molecule has 4 aliphatic rings. The molecule has 4 N–H and O–H groups in total. The highest BCUT2D eigenvalue weighted by Gasteiger charge is 2.38. The minimum absolute atomic E-state index is 0.219. The van der Waals surface area contributed by atoms with Crippen molar-refractivity contribution in [3.05, 3.63) is 0 Å². The molecule has 0 radical (unpaired) electrons. The predicted octanol–water partition coefficient (Wildman–Crippen LogP) is 3.65. The maximum Gasteiger partial charge on any atom is 0.410 e. The third-order valence-electron chi connectivity index (χ3n) is 9.50. The summed E-state index contributed by atoms with van der Waals surface area (Å²) in [5.74, 6) is 0. The van der Waals surface area contributed by atoms with E-state index in [1.165, 1.54) is 0 Å². The number of amides is 2. The lowest BCUT2D eigenvalue weighted by molar-refractivity contribution is -0.0268. The van der Waals surface area contributed by atoms with E-state index in [1.54, 1.807) is 14.2 Å². The molecular formula is C34H66N6O6. The average molecular weight is 655 g/mol. The first-order chi connectivity index (χ1) is 21.6. The van der Waals surface area contributed by atoms with Gasteiger partial charge in [0.15, 0.2) is 0 Å². The number of rotatable bonds is 6. The minimum atomic E-state index is -0.454. The smallest absolute Gasteiger partial charge is 0.410 e. The lowest BCUT2D eigenvalue weighted by Gasteiger charge is -2.46. The highest BCUT2D eigenvalue weighted by molar-refractivity contribution is 5.68. The number of nitrogens with two attached hydrogens (primary N) is 2. The molecule has 2 saturated heterocycles. The fourth-order valence-corrected chi connectivity index (χ4v) is 7.23. The van der Waals surface area contributed by atoms with Gasteiger partial charge in [0.05, 0.1) is 25.3 Å². The Kier molecular flexibility index (Phi) is 14.8. The summed E-state index contributed by atoms with van der Waals surface area (Å²) in [7, 11) is 3.45. The van der Waals surface area contributed by atoms with E-state index < -0.39 is 11.2 Å². The van der Waals surface area contributed by atoms with Gasteiger partial charge in [-0.25, -0.2) is 9.59 Å². The number of hydrogen-bond donors (Lipinski definition) is 2. The monoisotopic (exact) mass is 655 g/mol. The molecule has 4 fully saturated rings. The van der Waals surface area contributed by atoms with Gasteiger partial charge in [-0.05, 0) is 92.9 Å². The second-order valence-electron chi connectivity index (χ2n) is 15.7. The van der Waals surface area contributed by atoms with Crippen LogP contribution in [0.4, 0.5) is 9.59 Å². The third-order valence-corrected chi connectivity index (χ3v) is 9.50. The molecule has 4 rings (SSSR count). The van der Waals surface area contributed by atoms with Crippen molar-refractivity contribution in [3.63, 3.8) is 0 Å². The van der Waals surface area contributed by atoms with E-state index in [1.807, 2.05) is 51.3 Å². The highest BCUT2D eigenvalue weighted by Crippen LogP contribution is 2.28. The molecule has 0 aromatic heterocycles. The fraction of sp³-hybridized carbons (Fsp3) is 0.941. The number of carbonyl (C=O) groups is 2. The molecule has 2 aliphatic heterocycles. The SMILES string of the molecule is COC[C@@H]1CN(C(=O)OC(C)(C)C)CCN1C1CCC(N)CC1.COC[C@H]1CN(C(=O)OC(C)(C)C)CCN1C1CCC(N)CC1. The molecule has 0 spiro atoms. The van der Waals surface area contributed by atoms with Crippen LogP contribution in [0.25, 0.3) is 0 Å². The first kappa shape index (κ1) is 38.7. The first-order valence-corrected chi connectivity index (χ1v) is 17.6. The minimum Gasteiger partial charge on any atom is -0.444 e. The summed E-state index contributed by atoms with van der Waals surface area (Å²) in [4.78, 5) is 33.3. The maximum atomic E-state index is 12.3. The number of ether oxygens (including phenoxy) is 4. The van der Waals surface area contributed by atoms with Crippen molar-refractivity contribution in [2.24, 2.45) is 11.5 Å². The van der Waals surface area contributed by atoms with E-state index >= 15 is 0 Å². The number of carbonyl (C=O) groups excluding carboxylic acids is 2. The Labute approximate surface area is 278 Å². The fourth-order valence-electron chi connectivity index (χ4n) is 7.23. The Morgan fingerprint density at radius 1 is 0.587 bits per heavy atom. The Hall–Kier alpha value is -1.70. The number of methoxy groups -OCH3 is 2. The van der Waals surface area contributed by atoms with Gasteiger partial charge in [0.2, 0.25) is 0 Å². The van der Waals surface area contributed by atoms with Crippen LogP contribution in [0.5, 0.6) is 0 Å². The number of hydrogen-bond acceptors (Lipinski definition) is 10. The molecule has 12 nitrogen and oxygen atoms in total. The quantitative estimate of drug-likeness (QED) is 0.437. The van der Waals surface area contributed by atoms with Crippen LogP contribution in [-0.4, -0.2) is 146 Å². The van der Waals surface area contributed by atoms with Gasteiger partial charge in [-0.3, -0.25) is 9.80 Å². The molecule has 2 atom stereocenters. The molecular weight excluding hydrogens is 588 g/mol. The van der Waals surface area contributed by atoms with Gasteiger partial charge in [0, 0.05) is 77.7 Å². The van der Waals surface area contributed by atoms with Gasteiger partial charge >= 0.3 is 12.2 Å². The molecule has 268 valence electrons. The summed E-state index contributed by atoms with van der Waals surface area (Å²) in [6, 6.07) is 2.32. The normalized spacial score (nSPS) is 30.3. The molecule has 2 amide bonds. The largest absolute Gasteiger partial charge is 0.444 e. The Morgan fingerprint density at radius 2 is 0.913 bits per heavy atom. The average Bonchev–Trinajstić information content (AvgIpc) is 2.97. The zero-order valence-corrected chi connectivity index (χ0v) is 30.2. The van der Waals surface area contributed by atoms with Crippen LogP contribution in [0.15, 0.2) is 0 Å². The van der Waals surface area contributed by atoms with E-state index in [0.29, 0.717) is 50.5 Å². The van der Waals surface area contributed by atoms with E-state index in [4.69, 9.17) is 30.4 Å². The van der Waals surface area contributed by atoms with Gasteiger partial charge in [-0.2, -0.15) is 0 Å². The molecule has 2 aliphatic carbocycles. The van der Waals surface area contributed by atoms with Crippen molar-refractivity contribution < 1.29 is 28.5 Å². The van der Waals surface area contributed by atoms with Gasteiger partial charge in [-0.15, -0.1) is 0 Å². The molecule has 2 saturated carbocycles. The van der Waals surface area contributed by atoms with E-state index in [9.17, 15) is 9.59 Å². The molecule has 0 unspecified atom stereocenters. The lowest BCUT2D eigenvalue weighted by atomic mass is 9.89. The van der Waals surface area contributed by atoms with Crippen molar-refractivity contribution in [1.29, 1.82) is 0 Å². The zero-order valence-electron chi connectivity index (χ0n) is 30.2. The van der Waals surface area contributed by atoms with Gasteiger partial charge in [-0.1, -0.05) is 0 Å². The number of nitrogens with zero attached hydrogens (tertiary/aromatic N) is 4. The summed E-state index contributed by atoms with van der Waals surface area (Å²) < 4.78 is 21.8. The van der Waals surface area contributed by atoms with E-state index in [0.717, 1.165) is 77.5 Å². The van der Waals surface area contributed by atoms with Gasteiger partial charge in [0.25, 0.3) is 0 Å². The molecule has 2 heterocycles. The Balaban J connectivity index is 0.000000250. The summed E-state index contributed by atoms with van der Waals surface area (Å²) in [6.07, 6.45) is 8.52. The second kappa shape index (κ2) is 17.6. The van der Waals surface area contributed by atoms with E-state index in [2.05, 4.69) is 9.80 Å². The molecule has 12 heteroatoms. The van der Waals surface area contributed by atoms with Crippen LogP contribution in [0.2, 0.25) is 0 Å². The van der Waals surface area contributed by atoms with Crippen molar-refractivity contribution in [3.8, 4) is 0 Å². The summed E-state index contributed by atoms with van der Waals surface area (Å²) in [5, 5.41) is 0. The number of piperazine rings is 2. The maximum absolute atomic E-state index is 12.3. The molecule has 0 bridgehead atoms. The van der Waals surface area contributed by atoms with Crippen LogP contribution in [0.1, 0.15) is 92.9 Å². The Bertz CT molecular complexity index is 852. The van der Waals surface area contributed by atoms with Gasteiger partial charge < -0.3 is 40.2 Å². The van der Waals surface area contributed by atoms with Crippen LogP contribution in [-0.2, 0) is 18.9 Å². The lowest BCUT2D eigenvalue weighted by Crippen LogP contribution is -2.60. The highest BCUT2D eigenvalue weighted by atomic mass is 16.6. The van der Waals surface area contributed by atoms with Crippen LogP contribution in [0, 0.1) is 0 Å². The summed E-state index contributed by atoms with van der Waals surface area (Å²) >= 11 is 0. The molecule has 0 aromatic carbocycles. The Morgan fingerprint density at radius 3 is 1.20 bits per heavy atom. The molecule has 0 aromatic rings. The zero-order chi connectivity index (χ0) is 34.1. The third kappa shape index (κ3) is 12.4. The second-order valence-corrected chi connectivity index (χ2v) is 15.7. The van der Waals surface area contributed by atoms with Crippen molar-refractivity contribution in [2.75, 3.05) is 66.7 Å². The summed E-state index contributed by atoms with van der Waals surface area (Å²) in [6.45, 7) is 17.2. The van der Waals surface area contributed by atoms with Crippen LogP contribution < -0.4 is 11.5 Å². The van der Waals surface area contributed by atoms with Crippen LogP contribution in [0.3, 0.4) is 0 Å². The predicted molar refractivity (Wildman–Crippen MR) is 181 cm³/mol. The van der Waals surface area contributed by atoms with Crippen LogP contribution >= 0.6 is 0 Å². The topological polar surface area (TPSA) is 136 Å². The first-order valence-electron chi connectivity index (χ1n) is 17.6. The van der Waals surface area contributed by atoms with Crippen molar-refractivity contribution in [2.45, 2.75) is 140 Å². The van der Waals surface area contributed by atoms with E-state index in [-0.39, 0.29) is 24.3 Å². The summed E-state index contributed by atoms with van der Waals surface area (Å²) in [5.41, 5.74) is 11.1. The van der Waals surface area contributed by atoms with Crippen molar-refractivity contribution in [1.82, 2.24) is 19.6 Å².